The highest BCUT2D eigenvalue weighted by Crippen LogP contribution is 2.25. The summed E-state index contributed by atoms with van der Waals surface area (Å²) in [6.45, 7) is 6.02. The minimum Gasteiger partial charge on any atom is -0.318 e. The van der Waals surface area contributed by atoms with Gasteiger partial charge in [-0.1, -0.05) is 6.07 Å². The molecule has 26 heavy (non-hydrogen) atoms. The van der Waals surface area contributed by atoms with Gasteiger partial charge in [0, 0.05) is 38.9 Å². The highest BCUT2D eigenvalue weighted by atomic mass is 127. The monoisotopic (exact) mass is 459 g/mol. The molecular weight excluding hydrogens is 441 g/mol. The minimum absolute atomic E-state index is 0.0831. The Balaban J connectivity index is 1.99. The van der Waals surface area contributed by atoms with Crippen LogP contribution in [0.15, 0.2) is 53.5 Å². The largest absolute Gasteiger partial charge is 0.318 e. The summed E-state index contributed by atoms with van der Waals surface area (Å²) in [6, 6.07) is 14.8. The summed E-state index contributed by atoms with van der Waals surface area (Å²) in [5, 5.41) is 11.0. The van der Waals surface area contributed by atoms with E-state index >= 15 is 0 Å². The summed E-state index contributed by atoms with van der Waals surface area (Å²) in [4.78, 5) is 15.3. The third-order valence-corrected chi connectivity index (χ3v) is 4.94. The van der Waals surface area contributed by atoms with Crippen LogP contribution in [0.5, 0.6) is 0 Å². The second-order valence-electron chi connectivity index (χ2n) is 6.13. The zero-order valence-electron chi connectivity index (χ0n) is 14.7. The number of halogens is 1. The molecule has 0 saturated heterocycles. The number of aromatic nitrogens is 1. The Hall–Kier alpha value is -2.48. The maximum Gasteiger partial charge on any atom is 0.271 e. The zero-order valence-corrected chi connectivity index (χ0v) is 16.9. The fourth-order valence-electron chi connectivity index (χ4n) is 2.96. The van der Waals surface area contributed by atoms with Crippen molar-refractivity contribution in [2.24, 2.45) is 4.99 Å². The fourth-order valence-corrected chi connectivity index (χ4v) is 3.61. The van der Waals surface area contributed by atoms with Crippen molar-refractivity contribution in [3.8, 4) is 5.69 Å². The van der Waals surface area contributed by atoms with Crippen molar-refractivity contribution in [2.75, 3.05) is 0 Å². The van der Waals surface area contributed by atoms with Crippen molar-refractivity contribution < 1.29 is 4.92 Å². The van der Waals surface area contributed by atoms with Crippen LogP contribution in [-0.2, 0) is 0 Å². The van der Waals surface area contributed by atoms with E-state index in [1.165, 1.54) is 9.64 Å². The molecule has 2 aromatic carbocycles. The van der Waals surface area contributed by atoms with Crippen molar-refractivity contribution >= 4 is 40.2 Å². The molecule has 3 aromatic rings. The smallest absolute Gasteiger partial charge is 0.271 e. The van der Waals surface area contributed by atoms with Crippen LogP contribution in [0.1, 0.15) is 22.5 Å². The molecule has 0 aliphatic rings. The first kappa shape index (κ1) is 18.3. The van der Waals surface area contributed by atoms with E-state index in [9.17, 15) is 10.1 Å². The molecule has 0 aliphatic heterocycles. The van der Waals surface area contributed by atoms with Gasteiger partial charge in [-0.3, -0.25) is 15.1 Å². The minimum atomic E-state index is -0.375. The molecule has 132 valence electrons. The summed E-state index contributed by atoms with van der Waals surface area (Å²) >= 11 is 2.29. The van der Waals surface area contributed by atoms with Crippen molar-refractivity contribution in [1.82, 2.24) is 4.57 Å². The number of benzene rings is 2. The Kier molecular flexibility index (Phi) is 5.22. The molecule has 0 N–H and O–H groups in total. The van der Waals surface area contributed by atoms with E-state index in [0.717, 1.165) is 33.9 Å². The number of hydrogen-bond donors (Lipinski definition) is 0. The van der Waals surface area contributed by atoms with Gasteiger partial charge in [0.2, 0.25) is 0 Å². The quantitative estimate of drug-likeness (QED) is 0.219. The van der Waals surface area contributed by atoms with Gasteiger partial charge in [0.25, 0.3) is 5.69 Å². The summed E-state index contributed by atoms with van der Waals surface area (Å²) in [5.41, 5.74) is 5.91. The van der Waals surface area contributed by atoms with Gasteiger partial charge in [0.15, 0.2) is 0 Å². The first-order valence-electron chi connectivity index (χ1n) is 8.11. The van der Waals surface area contributed by atoms with E-state index in [2.05, 4.69) is 33.6 Å². The molecule has 1 aromatic heterocycles. The number of nitrogens with zero attached hydrogens (tertiary/aromatic N) is 3. The van der Waals surface area contributed by atoms with E-state index in [0.29, 0.717) is 0 Å². The van der Waals surface area contributed by atoms with E-state index in [1.54, 1.807) is 12.1 Å². The molecule has 6 heteroatoms. The normalized spacial score (nSPS) is 11.2. The van der Waals surface area contributed by atoms with Crippen molar-refractivity contribution in [3.63, 3.8) is 0 Å². The number of hydrogen-bond acceptors (Lipinski definition) is 3. The maximum atomic E-state index is 11.0. The molecular formula is C20H18IN3O2. The SMILES string of the molecule is Cc1cc(I)ccc1N=Cc1cc(C)n(-c2cccc([N+](=O)[O-])c2)c1C. The predicted octanol–water partition coefficient (Wildman–Crippen LogP) is 5.67. The molecule has 0 saturated carbocycles. The fraction of sp³-hybridized carbons (Fsp3) is 0.150. The highest BCUT2D eigenvalue weighted by molar-refractivity contribution is 14.1. The average Bonchev–Trinajstić information content (AvgIpc) is 2.88. The Labute approximate surface area is 165 Å². The lowest BCUT2D eigenvalue weighted by Crippen LogP contribution is -2.00. The zero-order chi connectivity index (χ0) is 18.8. The van der Waals surface area contributed by atoms with E-state index in [4.69, 9.17) is 0 Å². The third-order valence-electron chi connectivity index (χ3n) is 4.27. The van der Waals surface area contributed by atoms with Gasteiger partial charge >= 0.3 is 0 Å². The summed E-state index contributed by atoms with van der Waals surface area (Å²) in [7, 11) is 0. The van der Waals surface area contributed by atoms with Gasteiger partial charge in [-0.25, -0.2) is 0 Å². The Bertz CT molecular complexity index is 1020. The first-order chi connectivity index (χ1) is 12.4. The molecule has 0 spiro atoms. The number of aliphatic imine (C=N–C) groups is 1. The molecule has 3 rings (SSSR count). The van der Waals surface area contributed by atoms with Crippen molar-refractivity contribution in [2.45, 2.75) is 20.8 Å². The molecule has 1 heterocycles. The average molecular weight is 459 g/mol. The van der Waals surface area contributed by atoms with Crippen LogP contribution >= 0.6 is 22.6 Å². The van der Waals surface area contributed by atoms with E-state index in [-0.39, 0.29) is 10.6 Å². The molecule has 0 aliphatic carbocycles. The summed E-state index contributed by atoms with van der Waals surface area (Å²) < 4.78 is 3.19. The first-order valence-corrected chi connectivity index (χ1v) is 9.18. The van der Waals surface area contributed by atoms with Crippen LogP contribution in [0.4, 0.5) is 11.4 Å². The lowest BCUT2D eigenvalue weighted by Gasteiger charge is -2.09. The van der Waals surface area contributed by atoms with Gasteiger partial charge in [0.05, 0.1) is 16.3 Å². The van der Waals surface area contributed by atoms with Crippen molar-refractivity contribution in [1.29, 1.82) is 0 Å². The number of rotatable bonds is 4. The molecule has 0 bridgehead atoms. The molecule has 5 nitrogen and oxygen atoms in total. The highest BCUT2D eigenvalue weighted by Gasteiger charge is 2.12. The van der Waals surface area contributed by atoms with Crippen LogP contribution in [-0.4, -0.2) is 15.7 Å². The van der Waals surface area contributed by atoms with Crippen LogP contribution in [0, 0.1) is 34.5 Å². The lowest BCUT2D eigenvalue weighted by molar-refractivity contribution is -0.384. The Morgan fingerprint density at radius 3 is 2.58 bits per heavy atom. The van der Waals surface area contributed by atoms with Crippen molar-refractivity contribution in [3.05, 3.63) is 84.7 Å². The Morgan fingerprint density at radius 2 is 1.88 bits per heavy atom. The third kappa shape index (κ3) is 3.70. The molecule has 0 radical (unpaired) electrons. The maximum absolute atomic E-state index is 11.0. The summed E-state index contributed by atoms with van der Waals surface area (Å²) in [5.74, 6) is 0. The lowest BCUT2D eigenvalue weighted by atomic mass is 10.2. The van der Waals surface area contributed by atoms with E-state index < -0.39 is 0 Å². The van der Waals surface area contributed by atoms with Crippen LogP contribution in [0.25, 0.3) is 5.69 Å². The number of aryl methyl sites for hydroxylation is 2. The standard InChI is InChI=1S/C20H18IN3O2/c1-13-9-17(21)7-8-20(13)22-12-16-10-14(2)23(15(16)3)18-5-4-6-19(11-18)24(25)26/h4-12H,1-3H3. The number of nitro groups is 1. The molecule has 0 unspecified atom stereocenters. The van der Waals surface area contributed by atoms with Gasteiger partial charge in [0.1, 0.15) is 0 Å². The topological polar surface area (TPSA) is 60.4 Å². The second-order valence-corrected chi connectivity index (χ2v) is 7.37. The van der Waals surface area contributed by atoms with Gasteiger partial charge in [-0.05, 0) is 79.3 Å². The van der Waals surface area contributed by atoms with E-state index in [1.807, 2.05) is 55.8 Å². The van der Waals surface area contributed by atoms with Crippen LogP contribution in [0.2, 0.25) is 0 Å². The second kappa shape index (κ2) is 7.41. The number of non-ortho nitro benzene ring substituents is 1. The molecule has 0 amide bonds. The van der Waals surface area contributed by atoms with Crippen LogP contribution in [0.3, 0.4) is 0 Å². The van der Waals surface area contributed by atoms with Gasteiger partial charge in [-0.2, -0.15) is 0 Å². The summed E-state index contributed by atoms with van der Waals surface area (Å²) in [6.07, 6.45) is 1.85. The Morgan fingerprint density at radius 1 is 1.12 bits per heavy atom. The predicted molar refractivity (Wildman–Crippen MR) is 113 cm³/mol. The van der Waals surface area contributed by atoms with Crippen LogP contribution < -0.4 is 0 Å². The molecule has 0 atom stereocenters. The van der Waals surface area contributed by atoms with Gasteiger partial charge in [-0.15, -0.1) is 0 Å². The molecule has 0 fully saturated rings. The van der Waals surface area contributed by atoms with Gasteiger partial charge < -0.3 is 4.57 Å². The number of nitro benzene ring substituents is 1.